The van der Waals surface area contributed by atoms with Gasteiger partial charge in [-0.1, -0.05) is 66.7 Å². The molecule has 5 heteroatoms. The average molecular weight is 402 g/mol. The maximum absolute atomic E-state index is 13.3. The van der Waals surface area contributed by atoms with E-state index in [9.17, 15) is 4.79 Å². The van der Waals surface area contributed by atoms with Crippen LogP contribution in [0.25, 0.3) is 0 Å². The molecule has 3 aromatic rings. The van der Waals surface area contributed by atoms with Crippen molar-refractivity contribution in [2.24, 2.45) is 0 Å². The second kappa shape index (κ2) is 9.01. The van der Waals surface area contributed by atoms with Crippen LogP contribution in [0.15, 0.2) is 78.9 Å². The quantitative estimate of drug-likeness (QED) is 0.601. The Balaban J connectivity index is 1.51. The molecule has 30 heavy (non-hydrogen) atoms. The first-order chi connectivity index (χ1) is 14.6. The Morgan fingerprint density at radius 1 is 0.833 bits per heavy atom. The van der Waals surface area contributed by atoms with Crippen LogP contribution in [-0.4, -0.2) is 18.2 Å². The molecule has 0 fully saturated rings. The minimum atomic E-state index is -0.793. The van der Waals surface area contributed by atoms with Crippen LogP contribution in [0.5, 0.6) is 11.5 Å². The first-order valence-electron chi connectivity index (χ1n) is 10.1. The van der Waals surface area contributed by atoms with E-state index in [2.05, 4.69) is 22.8 Å². The van der Waals surface area contributed by atoms with Gasteiger partial charge in [-0.2, -0.15) is 0 Å². The highest BCUT2D eigenvalue weighted by Crippen LogP contribution is 2.33. The molecule has 5 nitrogen and oxygen atoms in total. The lowest BCUT2D eigenvalue weighted by atomic mass is 9.91. The summed E-state index contributed by atoms with van der Waals surface area (Å²) in [7, 11) is 0. The highest BCUT2D eigenvalue weighted by molar-refractivity contribution is 5.86. The van der Waals surface area contributed by atoms with Crippen molar-refractivity contribution in [2.45, 2.75) is 32.0 Å². The fourth-order valence-corrected chi connectivity index (χ4v) is 3.55. The van der Waals surface area contributed by atoms with Gasteiger partial charge in [0.2, 0.25) is 12.7 Å². The zero-order chi connectivity index (χ0) is 20.8. The lowest BCUT2D eigenvalue weighted by molar-refractivity contribution is -0.127. The Labute approximate surface area is 177 Å². The SMILES string of the molecule is C[C@@](Cc1ccc2c(c1)OCO2)(NCc1ccccc1)C(=O)NCc1ccccc1. The van der Waals surface area contributed by atoms with Crippen LogP contribution >= 0.6 is 0 Å². The minimum absolute atomic E-state index is 0.0417. The molecule has 0 saturated heterocycles. The number of rotatable bonds is 8. The van der Waals surface area contributed by atoms with E-state index in [1.807, 2.05) is 73.7 Å². The van der Waals surface area contributed by atoms with E-state index in [-0.39, 0.29) is 12.7 Å². The van der Waals surface area contributed by atoms with Gasteiger partial charge in [-0.25, -0.2) is 0 Å². The number of carbonyl (C=O) groups excluding carboxylic acids is 1. The van der Waals surface area contributed by atoms with Gasteiger partial charge in [0, 0.05) is 13.1 Å². The number of nitrogens with one attached hydrogen (secondary N) is 2. The highest BCUT2D eigenvalue weighted by Gasteiger charge is 2.33. The summed E-state index contributed by atoms with van der Waals surface area (Å²) in [5.74, 6) is 1.42. The molecule has 1 aliphatic rings. The van der Waals surface area contributed by atoms with Gasteiger partial charge in [0.25, 0.3) is 0 Å². The smallest absolute Gasteiger partial charge is 0.240 e. The number of hydrogen-bond acceptors (Lipinski definition) is 4. The molecule has 0 radical (unpaired) electrons. The van der Waals surface area contributed by atoms with Gasteiger partial charge < -0.3 is 14.8 Å². The van der Waals surface area contributed by atoms with Crippen LogP contribution in [-0.2, 0) is 24.3 Å². The lowest BCUT2D eigenvalue weighted by Crippen LogP contribution is -2.55. The van der Waals surface area contributed by atoms with Crippen LogP contribution in [0.3, 0.4) is 0 Å². The van der Waals surface area contributed by atoms with Crippen LogP contribution in [0, 0.1) is 0 Å². The first-order valence-corrected chi connectivity index (χ1v) is 10.1. The van der Waals surface area contributed by atoms with Gasteiger partial charge in [-0.05, 0) is 42.2 Å². The van der Waals surface area contributed by atoms with Crippen LogP contribution in [0.4, 0.5) is 0 Å². The van der Waals surface area contributed by atoms with Gasteiger partial charge in [0.05, 0.1) is 5.54 Å². The molecule has 4 rings (SSSR count). The number of fused-ring (bicyclic) bond motifs is 1. The number of amides is 1. The molecular weight excluding hydrogens is 376 g/mol. The maximum atomic E-state index is 13.3. The molecule has 0 unspecified atom stereocenters. The number of carbonyl (C=O) groups is 1. The molecule has 0 aromatic heterocycles. The fraction of sp³-hybridized carbons (Fsp3) is 0.240. The van der Waals surface area contributed by atoms with Gasteiger partial charge in [0.1, 0.15) is 0 Å². The molecule has 0 aliphatic carbocycles. The maximum Gasteiger partial charge on any atom is 0.240 e. The summed E-state index contributed by atoms with van der Waals surface area (Å²) in [5.41, 5.74) is 2.42. The molecule has 3 aromatic carbocycles. The van der Waals surface area contributed by atoms with Crippen LogP contribution in [0.1, 0.15) is 23.6 Å². The molecule has 1 heterocycles. The predicted molar refractivity (Wildman–Crippen MR) is 116 cm³/mol. The van der Waals surface area contributed by atoms with Crippen molar-refractivity contribution in [3.63, 3.8) is 0 Å². The second-order valence-electron chi connectivity index (χ2n) is 7.70. The summed E-state index contributed by atoms with van der Waals surface area (Å²) < 4.78 is 10.9. The summed E-state index contributed by atoms with van der Waals surface area (Å²) in [4.78, 5) is 13.3. The third-order valence-electron chi connectivity index (χ3n) is 5.32. The fourth-order valence-electron chi connectivity index (χ4n) is 3.55. The molecule has 1 atom stereocenters. The number of hydrogen-bond donors (Lipinski definition) is 2. The van der Waals surface area contributed by atoms with Gasteiger partial charge in [0.15, 0.2) is 11.5 Å². The van der Waals surface area contributed by atoms with Crippen molar-refractivity contribution < 1.29 is 14.3 Å². The van der Waals surface area contributed by atoms with Crippen LogP contribution in [0.2, 0.25) is 0 Å². The van der Waals surface area contributed by atoms with Crippen molar-refractivity contribution in [1.82, 2.24) is 10.6 Å². The summed E-state index contributed by atoms with van der Waals surface area (Å²) >= 11 is 0. The second-order valence-corrected chi connectivity index (χ2v) is 7.70. The highest BCUT2D eigenvalue weighted by atomic mass is 16.7. The van der Waals surface area contributed by atoms with Crippen molar-refractivity contribution in [3.05, 3.63) is 95.6 Å². The Bertz CT molecular complexity index is 992. The van der Waals surface area contributed by atoms with E-state index < -0.39 is 5.54 Å². The normalized spacial score (nSPS) is 14.2. The summed E-state index contributed by atoms with van der Waals surface area (Å²) in [6.07, 6.45) is 0.525. The Hall–Kier alpha value is -3.31. The van der Waals surface area contributed by atoms with Crippen molar-refractivity contribution >= 4 is 5.91 Å². The summed E-state index contributed by atoms with van der Waals surface area (Å²) in [6.45, 7) is 3.27. The van der Waals surface area contributed by atoms with Gasteiger partial charge in [-0.15, -0.1) is 0 Å². The van der Waals surface area contributed by atoms with E-state index in [0.717, 1.165) is 28.2 Å². The van der Waals surface area contributed by atoms with Gasteiger partial charge in [-0.3, -0.25) is 10.1 Å². The minimum Gasteiger partial charge on any atom is -0.454 e. The third kappa shape index (κ3) is 4.81. The van der Waals surface area contributed by atoms with Crippen molar-refractivity contribution in [2.75, 3.05) is 6.79 Å². The van der Waals surface area contributed by atoms with Crippen molar-refractivity contribution in [1.29, 1.82) is 0 Å². The molecule has 2 N–H and O–H groups in total. The first kappa shape index (κ1) is 20.0. The zero-order valence-corrected chi connectivity index (χ0v) is 17.1. The lowest BCUT2D eigenvalue weighted by Gasteiger charge is -2.30. The van der Waals surface area contributed by atoms with Gasteiger partial charge >= 0.3 is 0 Å². The average Bonchev–Trinajstić information content (AvgIpc) is 3.25. The molecular formula is C25H26N2O3. The third-order valence-corrected chi connectivity index (χ3v) is 5.32. The number of benzene rings is 3. The van der Waals surface area contributed by atoms with E-state index in [1.165, 1.54) is 0 Å². The standard InChI is InChI=1S/C25H26N2O3/c1-25(27-17-20-10-6-3-7-11-20,24(28)26-16-19-8-4-2-5-9-19)15-21-12-13-22-23(14-21)30-18-29-22/h2-14,27H,15-18H2,1H3,(H,26,28)/t25-/m0/s1. The molecule has 0 spiro atoms. The van der Waals surface area contributed by atoms with E-state index in [1.54, 1.807) is 0 Å². The summed E-state index contributed by atoms with van der Waals surface area (Å²) in [5, 5.41) is 6.57. The van der Waals surface area contributed by atoms with E-state index in [4.69, 9.17) is 9.47 Å². The molecule has 154 valence electrons. The monoisotopic (exact) mass is 402 g/mol. The topological polar surface area (TPSA) is 59.6 Å². The molecule has 1 aliphatic heterocycles. The van der Waals surface area contributed by atoms with E-state index >= 15 is 0 Å². The Kier molecular flexibility index (Phi) is 6.00. The largest absolute Gasteiger partial charge is 0.454 e. The molecule has 0 saturated carbocycles. The van der Waals surface area contributed by atoms with E-state index in [0.29, 0.717) is 19.5 Å². The molecule has 1 amide bonds. The zero-order valence-electron chi connectivity index (χ0n) is 17.1. The summed E-state index contributed by atoms with van der Waals surface area (Å²) in [6, 6.07) is 25.9. The predicted octanol–water partition coefficient (Wildman–Crippen LogP) is 3.82. The van der Waals surface area contributed by atoms with Crippen molar-refractivity contribution in [3.8, 4) is 11.5 Å². The Morgan fingerprint density at radius 2 is 1.47 bits per heavy atom. The number of ether oxygens (including phenoxy) is 2. The van der Waals surface area contributed by atoms with Crippen LogP contribution < -0.4 is 20.1 Å². The Morgan fingerprint density at radius 3 is 2.17 bits per heavy atom. The molecule has 0 bridgehead atoms.